The Morgan fingerprint density at radius 3 is 2.26 bits per heavy atom. The number of carbonyl (C=O) groups excluding carboxylic acids is 2. The summed E-state index contributed by atoms with van der Waals surface area (Å²) in [5.41, 5.74) is 2.61. The monoisotopic (exact) mass is 608 g/mol. The fraction of sp³-hybridized carbons (Fsp3) is 0.379. The van der Waals surface area contributed by atoms with E-state index in [-0.39, 0.29) is 36.9 Å². The first-order chi connectivity index (χ1) is 18.7. The summed E-state index contributed by atoms with van der Waals surface area (Å²) in [4.78, 5) is 30.3. The molecule has 2 aromatic carbocycles. The standard InChI is InChI=1S/C29H28Cl4N2O4/c1-17-10-21-26(35(9-7-27(21)38-17)28(36)13-18-2-4-22(30)24(32)11-18)16-34-8-6-20(15-34)39-29(37)14-19-3-5-23(31)25(33)12-19/h2-5,10-12,20,26H,6-9,13-16H2,1H3. The fourth-order valence-electron chi connectivity index (χ4n) is 5.37. The zero-order valence-electron chi connectivity index (χ0n) is 21.4. The van der Waals surface area contributed by atoms with Gasteiger partial charge in [-0.2, -0.15) is 0 Å². The van der Waals surface area contributed by atoms with Crippen molar-refractivity contribution in [3.63, 3.8) is 0 Å². The van der Waals surface area contributed by atoms with Crippen molar-refractivity contribution in [3.8, 4) is 0 Å². The molecule has 39 heavy (non-hydrogen) atoms. The van der Waals surface area contributed by atoms with Gasteiger partial charge in [-0.3, -0.25) is 14.5 Å². The average molecular weight is 610 g/mol. The van der Waals surface area contributed by atoms with E-state index in [2.05, 4.69) is 4.90 Å². The van der Waals surface area contributed by atoms with Gasteiger partial charge in [-0.15, -0.1) is 0 Å². The van der Waals surface area contributed by atoms with Crippen LogP contribution in [0.4, 0.5) is 0 Å². The normalized spacial score (nSPS) is 19.3. The summed E-state index contributed by atoms with van der Waals surface area (Å²) in [6.45, 7) is 4.49. The Morgan fingerprint density at radius 1 is 0.923 bits per heavy atom. The van der Waals surface area contributed by atoms with Crippen LogP contribution in [0.2, 0.25) is 20.1 Å². The van der Waals surface area contributed by atoms with Gasteiger partial charge in [0.1, 0.15) is 17.6 Å². The van der Waals surface area contributed by atoms with Gasteiger partial charge in [0.05, 0.1) is 39.0 Å². The van der Waals surface area contributed by atoms with Gasteiger partial charge in [0, 0.05) is 38.2 Å². The van der Waals surface area contributed by atoms with Crippen molar-refractivity contribution in [1.82, 2.24) is 9.80 Å². The third kappa shape index (κ3) is 6.75. The zero-order chi connectivity index (χ0) is 27.7. The second-order valence-corrected chi connectivity index (χ2v) is 11.7. The van der Waals surface area contributed by atoms with Gasteiger partial charge in [0.2, 0.25) is 5.91 Å². The van der Waals surface area contributed by atoms with Gasteiger partial charge in [0.15, 0.2) is 0 Å². The molecule has 3 aromatic rings. The lowest BCUT2D eigenvalue weighted by Gasteiger charge is -2.37. The minimum atomic E-state index is -0.302. The van der Waals surface area contributed by atoms with Crippen LogP contribution in [0.25, 0.3) is 0 Å². The third-order valence-corrected chi connectivity index (χ3v) is 8.71. The van der Waals surface area contributed by atoms with Crippen LogP contribution < -0.4 is 0 Å². The SMILES string of the molecule is Cc1cc2c(o1)CCN(C(=O)Cc1ccc(Cl)c(Cl)c1)C2CN1CCC(OC(=O)Cc2ccc(Cl)c(Cl)c2)C1. The fourth-order valence-corrected chi connectivity index (χ4v) is 6.02. The number of amides is 1. The Hall–Kier alpha value is -2.22. The molecule has 1 saturated heterocycles. The highest BCUT2D eigenvalue weighted by Crippen LogP contribution is 2.35. The number of rotatable bonds is 7. The molecule has 1 aromatic heterocycles. The van der Waals surface area contributed by atoms with Crippen LogP contribution >= 0.6 is 46.4 Å². The van der Waals surface area contributed by atoms with Crippen LogP contribution in [0.15, 0.2) is 46.9 Å². The summed E-state index contributed by atoms with van der Waals surface area (Å²) in [5.74, 6) is 1.48. The minimum absolute atomic E-state index is 0.0201. The highest BCUT2D eigenvalue weighted by Gasteiger charge is 2.36. The number of likely N-dealkylation sites (tertiary alicyclic amines) is 1. The largest absolute Gasteiger partial charge is 0.466 e. The first-order valence-corrected chi connectivity index (χ1v) is 14.4. The molecular weight excluding hydrogens is 582 g/mol. The Balaban J connectivity index is 1.24. The van der Waals surface area contributed by atoms with E-state index in [1.54, 1.807) is 30.3 Å². The van der Waals surface area contributed by atoms with E-state index in [0.717, 1.165) is 41.2 Å². The molecule has 0 radical (unpaired) electrons. The molecule has 1 fully saturated rings. The van der Waals surface area contributed by atoms with E-state index < -0.39 is 0 Å². The zero-order valence-corrected chi connectivity index (χ0v) is 24.4. The van der Waals surface area contributed by atoms with E-state index in [9.17, 15) is 9.59 Å². The lowest BCUT2D eigenvalue weighted by Crippen LogP contribution is -2.45. The van der Waals surface area contributed by atoms with E-state index in [4.69, 9.17) is 55.6 Å². The van der Waals surface area contributed by atoms with Gasteiger partial charge in [0.25, 0.3) is 0 Å². The number of fused-ring (bicyclic) bond motifs is 1. The van der Waals surface area contributed by atoms with Crippen molar-refractivity contribution in [1.29, 1.82) is 0 Å². The number of hydrogen-bond acceptors (Lipinski definition) is 5. The van der Waals surface area contributed by atoms with Crippen LogP contribution in [0, 0.1) is 6.92 Å². The number of nitrogens with zero attached hydrogens (tertiary/aromatic N) is 2. The number of halogens is 4. The molecule has 0 bridgehead atoms. The molecule has 2 aliphatic heterocycles. The molecule has 0 spiro atoms. The van der Waals surface area contributed by atoms with Crippen molar-refractivity contribution in [2.24, 2.45) is 0 Å². The Bertz CT molecular complexity index is 1390. The Kier molecular flexibility index (Phi) is 8.79. The number of ether oxygens (including phenoxy) is 1. The molecule has 2 unspecified atom stereocenters. The summed E-state index contributed by atoms with van der Waals surface area (Å²) in [6, 6.07) is 12.3. The van der Waals surface area contributed by atoms with Crippen molar-refractivity contribution < 1.29 is 18.7 Å². The summed E-state index contributed by atoms with van der Waals surface area (Å²) in [5, 5.41) is 1.75. The minimum Gasteiger partial charge on any atom is -0.466 e. The molecule has 2 aliphatic rings. The molecule has 1 amide bonds. The van der Waals surface area contributed by atoms with Gasteiger partial charge in [-0.1, -0.05) is 58.5 Å². The maximum Gasteiger partial charge on any atom is 0.310 e. The van der Waals surface area contributed by atoms with Gasteiger partial charge in [-0.25, -0.2) is 0 Å². The molecule has 6 nitrogen and oxygen atoms in total. The van der Waals surface area contributed by atoms with Crippen molar-refractivity contribution in [2.45, 2.75) is 44.8 Å². The molecule has 5 rings (SSSR count). The van der Waals surface area contributed by atoms with Crippen LogP contribution in [0.1, 0.15) is 40.7 Å². The molecular formula is C29H28Cl4N2O4. The lowest BCUT2D eigenvalue weighted by atomic mass is 9.97. The van der Waals surface area contributed by atoms with Crippen LogP contribution in [-0.4, -0.2) is 54.0 Å². The van der Waals surface area contributed by atoms with E-state index in [1.807, 2.05) is 24.0 Å². The first-order valence-electron chi connectivity index (χ1n) is 12.8. The van der Waals surface area contributed by atoms with Gasteiger partial charge < -0.3 is 14.1 Å². The van der Waals surface area contributed by atoms with Crippen LogP contribution in [0.3, 0.4) is 0 Å². The predicted molar refractivity (Wildman–Crippen MR) is 153 cm³/mol. The number of benzene rings is 2. The molecule has 2 atom stereocenters. The quantitative estimate of drug-likeness (QED) is 0.278. The van der Waals surface area contributed by atoms with Crippen LogP contribution in [0.5, 0.6) is 0 Å². The molecule has 0 saturated carbocycles. The van der Waals surface area contributed by atoms with Crippen molar-refractivity contribution in [2.75, 3.05) is 26.2 Å². The van der Waals surface area contributed by atoms with Gasteiger partial charge >= 0.3 is 5.97 Å². The summed E-state index contributed by atoms with van der Waals surface area (Å²) in [6.07, 6.45) is 1.55. The molecule has 0 aliphatic carbocycles. The van der Waals surface area contributed by atoms with Crippen LogP contribution in [-0.2, 0) is 33.6 Å². The maximum atomic E-state index is 13.5. The maximum absolute atomic E-state index is 13.5. The number of furan rings is 1. The predicted octanol–water partition coefficient (Wildman–Crippen LogP) is 6.73. The van der Waals surface area contributed by atoms with E-state index in [0.29, 0.717) is 46.1 Å². The number of hydrogen-bond donors (Lipinski definition) is 0. The van der Waals surface area contributed by atoms with Crippen molar-refractivity contribution >= 4 is 58.3 Å². The molecule has 0 N–H and O–H groups in total. The second kappa shape index (κ2) is 12.1. The molecule has 206 valence electrons. The summed E-state index contributed by atoms with van der Waals surface area (Å²) < 4.78 is 11.7. The number of aryl methyl sites for hydroxylation is 1. The highest BCUT2D eigenvalue weighted by atomic mass is 35.5. The Labute approximate surface area is 247 Å². The summed E-state index contributed by atoms with van der Waals surface area (Å²) >= 11 is 24.3. The average Bonchev–Trinajstić information content (AvgIpc) is 3.49. The van der Waals surface area contributed by atoms with Crippen molar-refractivity contribution in [3.05, 3.63) is 90.8 Å². The first kappa shape index (κ1) is 28.3. The Morgan fingerprint density at radius 2 is 1.59 bits per heavy atom. The smallest absolute Gasteiger partial charge is 0.310 e. The number of carbonyl (C=O) groups is 2. The topological polar surface area (TPSA) is 63.0 Å². The highest BCUT2D eigenvalue weighted by molar-refractivity contribution is 6.42. The number of esters is 1. The van der Waals surface area contributed by atoms with E-state index >= 15 is 0 Å². The molecule has 10 heteroatoms. The molecule has 3 heterocycles. The van der Waals surface area contributed by atoms with E-state index in [1.165, 1.54) is 0 Å². The lowest BCUT2D eigenvalue weighted by molar-refractivity contribution is -0.147. The van der Waals surface area contributed by atoms with Gasteiger partial charge in [-0.05, 0) is 54.8 Å². The third-order valence-electron chi connectivity index (χ3n) is 7.23. The second-order valence-electron chi connectivity index (χ2n) is 10.1. The summed E-state index contributed by atoms with van der Waals surface area (Å²) in [7, 11) is 0.